The van der Waals surface area contributed by atoms with Crippen molar-refractivity contribution in [2.45, 2.75) is 37.0 Å². The van der Waals surface area contributed by atoms with Crippen molar-refractivity contribution in [3.63, 3.8) is 0 Å². The molecule has 0 spiro atoms. The van der Waals surface area contributed by atoms with Crippen molar-refractivity contribution < 1.29 is 13.2 Å². The highest BCUT2D eigenvalue weighted by Gasteiger charge is 2.63. The van der Waals surface area contributed by atoms with Crippen LogP contribution in [0.15, 0.2) is 24.3 Å². The first-order valence-corrected chi connectivity index (χ1v) is 6.62. The molecule has 0 aromatic heterocycles. The van der Waals surface area contributed by atoms with Crippen LogP contribution in [0, 0.1) is 0 Å². The van der Waals surface area contributed by atoms with Crippen LogP contribution in [0.1, 0.15) is 29.9 Å². The first-order chi connectivity index (χ1) is 9.02. The van der Waals surface area contributed by atoms with Crippen LogP contribution in [0.2, 0.25) is 0 Å². The second kappa shape index (κ2) is 4.49. The van der Waals surface area contributed by atoms with E-state index in [0.717, 1.165) is 13.1 Å². The van der Waals surface area contributed by atoms with Crippen LogP contribution in [0.25, 0.3) is 0 Å². The van der Waals surface area contributed by atoms with E-state index in [0.29, 0.717) is 6.54 Å². The summed E-state index contributed by atoms with van der Waals surface area (Å²) < 4.78 is 38.6. The molecule has 0 bridgehead atoms. The minimum Gasteiger partial charge on any atom is -0.312 e. The Hall–Kier alpha value is -1.07. The van der Waals surface area contributed by atoms with E-state index in [4.69, 9.17) is 0 Å². The largest absolute Gasteiger partial charge is 0.406 e. The van der Waals surface area contributed by atoms with E-state index in [1.807, 2.05) is 24.3 Å². The van der Waals surface area contributed by atoms with E-state index in [9.17, 15) is 13.2 Å². The predicted octanol–water partition coefficient (Wildman–Crippen LogP) is 2.56. The molecule has 1 aliphatic heterocycles. The molecular weight excluding hydrogens is 253 g/mol. The second-order valence-electron chi connectivity index (χ2n) is 5.49. The van der Waals surface area contributed by atoms with Crippen LogP contribution in [-0.2, 0) is 6.54 Å². The molecular formula is C14H17F3N2. The summed E-state index contributed by atoms with van der Waals surface area (Å²) in [6.07, 6.45) is -3.72. The van der Waals surface area contributed by atoms with Crippen molar-refractivity contribution in [3.05, 3.63) is 35.4 Å². The third-order valence-corrected chi connectivity index (χ3v) is 4.18. The summed E-state index contributed by atoms with van der Waals surface area (Å²) in [5.74, 6) is 0.116. The fraction of sp³-hybridized carbons (Fsp3) is 0.571. The van der Waals surface area contributed by atoms with Gasteiger partial charge in [0.05, 0.1) is 0 Å². The zero-order valence-electron chi connectivity index (χ0n) is 10.6. The van der Waals surface area contributed by atoms with Crippen molar-refractivity contribution in [3.8, 4) is 0 Å². The molecule has 0 saturated heterocycles. The molecule has 1 unspecified atom stereocenters. The highest BCUT2D eigenvalue weighted by molar-refractivity contribution is 5.33. The highest BCUT2D eigenvalue weighted by atomic mass is 19.4. The third kappa shape index (κ3) is 2.37. The van der Waals surface area contributed by atoms with Gasteiger partial charge < -0.3 is 10.6 Å². The fourth-order valence-electron chi connectivity index (χ4n) is 2.77. The van der Waals surface area contributed by atoms with Crippen molar-refractivity contribution in [2.24, 2.45) is 0 Å². The van der Waals surface area contributed by atoms with Gasteiger partial charge in [0.1, 0.15) is 5.54 Å². The number of hydrogen-bond acceptors (Lipinski definition) is 2. The van der Waals surface area contributed by atoms with Gasteiger partial charge in [0.2, 0.25) is 0 Å². The van der Waals surface area contributed by atoms with Crippen molar-refractivity contribution in [1.82, 2.24) is 10.6 Å². The van der Waals surface area contributed by atoms with Gasteiger partial charge in [0.15, 0.2) is 0 Å². The lowest BCUT2D eigenvalue weighted by molar-refractivity contribution is -0.165. The van der Waals surface area contributed by atoms with Gasteiger partial charge in [-0.15, -0.1) is 0 Å². The van der Waals surface area contributed by atoms with Gasteiger partial charge in [-0.1, -0.05) is 24.3 Å². The maximum atomic E-state index is 12.9. The Bertz CT molecular complexity index is 466. The van der Waals surface area contributed by atoms with Gasteiger partial charge in [0.25, 0.3) is 0 Å². The monoisotopic (exact) mass is 270 g/mol. The lowest BCUT2D eigenvalue weighted by Gasteiger charge is -2.29. The van der Waals surface area contributed by atoms with Crippen LogP contribution in [0.4, 0.5) is 13.2 Å². The lowest BCUT2D eigenvalue weighted by Crippen LogP contribution is -2.47. The smallest absolute Gasteiger partial charge is 0.312 e. The van der Waals surface area contributed by atoms with E-state index in [1.165, 1.54) is 11.1 Å². The second-order valence-corrected chi connectivity index (χ2v) is 5.49. The zero-order valence-corrected chi connectivity index (χ0v) is 10.6. The summed E-state index contributed by atoms with van der Waals surface area (Å²) >= 11 is 0. The van der Waals surface area contributed by atoms with Crippen molar-refractivity contribution >= 4 is 0 Å². The summed E-state index contributed by atoms with van der Waals surface area (Å²) in [5.41, 5.74) is 0.753. The standard InChI is InChI=1S/C14H17F3N2/c15-14(16,17)13(5-6-13)19-9-11-8-18-7-10-3-1-2-4-12(10)11/h1-4,11,18-19H,5-9H2. The minimum atomic E-state index is -4.13. The molecule has 0 radical (unpaired) electrons. The van der Waals surface area contributed by atoms with Crippen LogP contribution >= 0.6 is 0 Å². The molecule has 5 heteroatoms. The average Bonchev–Trinajstić information content (AvgIpc) is 3.17. The Labute approximate surface area is 110 Å². The Morgan fingerprint density at radius 2 is 2.00 bits per heavy atom. The molecule has 1 aliphatic carbocycles. The van der Waals surface area contributed by atoms with E-state index in [2.05, 4.69) is 10.6 Å². The summed E-state index contributed by atoms with van der Waals surface area (Å²) in [6.45, 7) is 1.92. The molecule has 0 amide bonds. The third-order valence-electron chi connectivity index (χ3n) is 4.18. The highest BCUT2D eigenvalue weighted by Crippen LogP contribution is 2.49. The maximum Gasteiger partial charge on any atom is 0.406 e. The van der Waals surface area contributed by atoms with Gasteiger partial charge in [-0.3, -0.25) is 0 Å². The molecule has 1 aromatic carbocycles. The number of benzene rings is 1. The SMILES string of the molecule is FC(F)(F)C1(NCC2CNCc3ccccc32)CC1. The maximum absolute atomic E-state index is 12.9. The minimum absolute atomic E-state index is 0.116. The number of hydrogen-bond donors (Lipinski definition) is 2. The van der Waals surface area contributed by atoms with Crippen LogP contribution < -0.4 is 10.6 Å². The Balaban J connectivity index is 1.69. The van der Waals surface area contributed by atoms with Gasteiger partial charge in [-0.05, 0) is 24.0 Å². The molecule has 19 heavy (non-hydrogen) atoms. The molecule has 2 N–H and O–H groups in total. The number of fused-ring (bicyclic) bond motifs is 1. The predicted molar refractivity (Wildman–Crippen MR) is 66.9 cm³/mol. The molecule has 2 aliphatic rings. The van der Waals surface area contributed by atoms with Gasteiger partial charge in [-0.25, -0.2) is 0 Å². The van der Waals surface area contributed by atoms with Gasteiger partial charge in [0, 0.05) is 25.6 Å². The van der Waals surface area contributed by atoms with Crippen molar-refractivity contribution in [1.29, 1.82) is 0 Å². The average molecular weight is 270 g/mol. The summed E-state index contributed by atoms with van der Waals surface area (Å²) in [5, 5.41) is 6.02. The zero-order chi connectivity index (χ0) is 13.5. The Kier molecular flexibility index (Phi) is 3.06. The molecule has 1 heterocycles. The Morgan fingerprint density at radius 1 is 1.26 bits per heavy atom. The number of alkyl halides is 3. The molecule has 1 aromatic rings. The van der Waals surface area contributed by atoms with Crippen LogP contribution in [0.3, 0.4) is 0 Å². The normalized spacial score (nSPS) is 24.9. The van der Waals surface area contributed by atoms with Crippen molar-refractivity contribution in [2.75, 3.05) is 13.1 Å². The molecule has 1 fully saturated rings. The van der Waals surface area contributed by atoms with E-state index in [-0.39, 0.29) is 18.8 Å². The van der Waals surface area contributed by atoms with E-state index < -0.39 is 11.7 Å². The molecule has 3 rings (SSSR count). The lowest BCUT2D eigenvalue weighted by atomic mass is 9.90. The first-order valence-electron chi connectivity index (χ1n) is 6.62. The van der Waals surface area contributed by atoms with Gasteiger partial charge >= 0.3 is 6.18 Å². The van der Waals surface area contributed by atoms with E-state index >= 15 is 0 Å². The van der Waals surface area contributed by atoms with Crippen LogP contribution in [0.5, 0.6) is 0 Å². The first kappa shape index (κ1) is 12.9. The quantitative estimate of drug-likeness (QED) is 0.882. The van der Waals surface area contributed by atoms with Gasteiger partial charge in [-0.2, -0.15) is 13.2 Å². The molecule has 1 saturated carbocycles. The summed E-state index contributed by atoms with van der Waals surface area (Å²) in [6, 6.07) is 7.98. The number of nitrogens with one attached hydrogen (secondary N) is 2. The number of rotatable bonds is 3. The van der Waals surface area contributed by atoms with Crippen LogP contribution in [-0.4, -0.2) is 24.8 Å². The summed E-state index contributed by atoms with van der Waals surface area (Å²) in [4.78, 5) is 0. The molecule has 104 valence electrons. The summed E-state index contributed by atoms with van der Waals surface area (Å²) in [7, 11) is 0. The fourth-order valence-corrected chi connectivity index (χ4v) is 2.77. The molecule has 1 atom stereocenters. The molecule has 2 nitrogen and oxygen atoms in total. The topological polar surface area (TPSA) is 24.1 Å². The number of halogens is 3. The van der Waals surface area contributed by atoms with E-state index in [1.54, 1.807) is 0 Å². The Morgan fingerprint density at radius 3 is 2.68 bits per heavy atom.